The van der Waals surface area contributed by atoms with E-state index >= 15 is 0 Å². The van der Waals surface area contributed by atoms with Gasteiger partial charge in [-0.3, -0.25) is 9.78 Å². The van der Waals surface area contributed by atoms with Crippen molar-refractivity contribution in [3.63, 3.8) is 0 Å². The van der Waals surface area contributed by atoms with E-state index in [1.807, 2.05) is 19.1 Å². The van der Waals surface area contributed by atoms with Crippen LogP contribution in [-0.4, -0.2) is 10.9 Å². The Morgan fingerprint density at radius 1 is 1.10 bits per heavy atom. The Kier molecular flexibility index (Phi) is 7.84. The number of rotatable bonds is 3. The number of pyridine rings is 1. The van der Waals surface area contributed by atoms with Gasteiger partial charge < -0.3 is 11.1 Å². The Labute approximate surface area is 130 Å². The molecule has 4 nitrogen and oxygen atoms in total. The lowest BCUT2D eigenvalue weighted by Crippen LogP contribution is -2.12. The lowest BCUT2D eigenvalue weighted by molar-refractivity contribution is 0.102. The molecule has 1 aromatic heterocycles. The summed E-state index contributed by atoms with van der Waals surface area (Å²) in [4.78, 5) is 15.8. The number of carbonyl (C=O) groups excluding carboxylic acids is 1. The second kappa shape index (κ2) is 8.53. The number of amides is 1. The minimum atomic E-state index is -0.141. The lowest BCUT2D eigenvalue weighted by atomic mass is 10.1. The number of hydrogen-bond donors (Lipinski definition) is 2. The molecule has 0 spiro atoms. The topological polar surface area (TPSA) is 68.0 Å². The standard InChI is InChI=1S/C14H15N3O.2ClH/c1-10(15)11-2-4-12(5-3-11)14(18)17-13-6-8-16-9-7-13;;/h2-10H,15H2,1H3,(H,16,17,18);2*1H/t10-;;/m1../s1. The number of aromatic nitrogens is 1. The first-order valence-electron chi connectivity index (χ1n) is 5.74. The Balaban J connectivity index is 0.00000180. The fourth-order valence-electron chi connectivity index (χ4n) is 1.58. The predicted octanol–water partition coefficient (Wildman–Crippen LogP) is 3.20. The molecule has 1 atom stereocenters. The smallest absolute Gasteiger partial charge is 0.255 e. The monoisotopic (exact) mass is 313 g/mol. The van der Waals surface area contributed by atoms with Crippen LogP contribution < -0.4 is 11.1 Å². The van der Waals surface area contributed by atoms with Gasteiger partial charge in [0.25, 0.3) is 5.91 Å². The van der Waals surface area contributed by atoms with Gasteiger partial charge >= 0.3 is 0 Å². The molecule has 0 radical (unpaired) electrons. The van der Waals surface area contributed by atoms with Crippen LogP contribution in [0.3, 0.4) is 0 Å². The minimum Gasteiger partial charge on any atom is -0.324 e. The van der Waals surface area contributed by atoms with Crippen LogP contribution in [0.1, 0.15) is 28.9 Å². The molecule has 2 rings (SSSR count). The summed E-state index contributed by atoms with van der Waals surface area (Å²) in [5.41, 5.74) is 8.10. The van der Waals surface area contributed by atoms with Crippen LogP contribution in [0.2, 0.25) is 0 Å². The molecule has 108 valence electrons. The highest BCUT2D eigenvalue weighted by atomic mass is 35.5. The highest BCUT2D eigenvalue weighted by molar-refractivity contribution is 6.04. The van der Waals surface area contributed by atoms with Crippen LogP contribution in [0.15, 0.2) is 48.8 Å². The SMILES string of the molecule is C[C@@H](N)c1ccc(C(=O)Nc2ccncc2)cc1.Cl.Cl. The number of benzene rings is 1. The van der Waals surface area contributed by atoms with Crippen LogP contribution in [0, 0.1) is 0 Å². The molecule has 1 amide bonds. The summed E-state index contributed by atoms with van der Waals surface area (Å²) in [5.74, 6) is -0.141. The van der Waals surface area contributed by atoms with Crippen molar-refractivity contribution in [2.45, 2.75) is 13.0 Å². The number of nitrogens with one attached hydrogen (secondary N) is 1. The van der Waals surface area contributed by atoms with Gasteiger partial charge in [0, 0.05) is 29.7 Å². The molecule has 1 aromatic carbocycles. The van der Waals surface area contributed by atoms with Crippen molar-refractivity contribution in [3.05, 3.63) is 59.9 Å². The third kappa shape index (κ3) is 4.81. The summed E-state index contributed by atoms with van der Waals surface area (Å²) in [6.07, 6.45) is 3.27. The zero-order chi connectivity index (χ0) is 13.0. The fourth-order valence-corrected chi connectivity index (χ4v) is 1.58. The third-order valence-corrected chi connectivity index (χ3v) is 2.64. The van der Waals surface area contributed by atoms with Crippen LogP contribution in [0.5, 0.6) is 0 Å². The molecule has 0 aliphatic carbocycles. The largest absolute Gasteiger partial charge is 0.324 e. The highest BCUT2D eigenvalue weighted by Gasteiger charge is 2.06. The molecular weight excluding hydrogens is 297 g/mol. The summed E-state index contributed by atoms with van der Waals surface area (Å²) < 4.78 is 0. The Morgan fingerprint density at radius 3 is 2.15 bits per heavy atom. The number of nitrogens with zero attached hydrogens (tertiary/aromatic N) is 1. The Bertz CT molecular complexity index is 530. The van der Waals surface area contributed by atoms with Crippen LogP contribution in [0.25, 0.3) is 0 Å². The van der Waals surface area contributed by atoms with Crippen molar-refractivity contribution < 1.29 is 4.79 Å². The van der Waals surface area contributed by atoms with Gasteiger partial charge in [-0.25, -0.2) is 0 Å². The normalized spacial score (nSPS) is 10.7. The van der Waals surface area contributed by atoms with Gasteiger partial charge in [-0.2, -0.15) is 0 Å². The van der Waals surface area contributed by atoms with Crippen molar-refractivity contribution in [1.82, 2.24) is 4.98 Å². The lowest BCUT2D eigenvalue weighted by Gasteiger charge is -2.07. The zero-order valence-corrected chi connectivity index (χ0v) is 12.6. The van der Waals surface area contributed by atoms with E-state index in [1.54, 1.807) is 36.7 Å². The van der Waals surface area contributed by atoms with Crippen LogP contribution in [-0.2, 0) is 0 Å². The highest BCUT2D eigenvalue weighted by Crippen LogP contribution is 2.12. The molecule has 0 saturated carbocycles. The molecule has 0 bridgehead atoms. The molecule has 6 heteroatoms. The fraction of sp³-hybridized carbons (Fsp3) is 0.143. The summed E-state index contributed by atoms with van der Waals surface area (Å²) in [6, 6.07) is 10.7. The van der Waals surface area contributed by atoms with Crippen molar-refractivity contribution in [2.24, 2.45) is 5.73 Å². The maximum atomic E-state index is 11.9. The van der Waals surface area contributed by atoms with Crippen molar-refractivity contribution in [2.75, 3.05) is 5.32 Å². The minimum absolute atomic E-state index is 0. The third-order valence-electron chi connectivity index (χ3n) is 2.64. The van der Waals surface area contributed by atoms with Gasteiger partial charge in [0.15, 0.2) is 0 Å². The average Bonchev–Trinajstić information content (AvgIpc) is 2.40. The Hall–Kier alpha value is -1.62. The summed E-state index contributed by atoms with van der Waals surface area (Å²) in [7, 11) is 0. The van der Waals surface area contributed by atoms with E-state index in [1.165, 1.54) is 0 Å². The molecule has 0 aliphatic rings. The molecule has 2 aromatic rings. The maximum Gasteiger partial charge on any atom is 0.255 e. The van der Waals surface area contributed by atoms with Crippen molar-refractivity contribution >= 4 is 36.4 Å². The molecule has 0 saturated heterocycles. The first kappa shape index (κ1) is 18.4. The van der Waals surface area contributed by atoms with Gasteiger partial charge in [-0.1, -0.05) is 12.1 Å². The molecule has 3 N–H and O–H groups in total. The van der Waals surface area contributed by atoms with Gasteiger partial charge in [0.2, 0.25) is 0 Å². The van der Waals surface area contributed by atoms with E-state index in [9.17, 15) is 4.79 Å². The Morgan fingerprint density at radius 2 is 1.65 bits per heavy atom. The van der Waals surface area contributed by atoms with Crippen LogP contribution >= 0.6 is 24.8 Å². The molecule has 20 heavy (non-hydrogen) atoms. The number of hydrogen-bond acceptors (Lipinski definition) is 3. The van der Waals surface area contributed by atoms with Gasteiger partial charge in [0.05, 0.1) is 0 Å². The van der Waals surface area contributed by atoms with E-state index < -0.39 is 0 Å². The maximum absolute atomic E-state index is 11.9. The average molecular weight is 314 g/mol. The van der Waals surface area contributed by atoms with Gasteiger partial charge in [-0.05, 0) is 36.8 Å². The second-order valence-corrected chi connectivity index (χ2v) is 4.10. The number of halogens is 2. The molecule has 0 unspecified atom stereocenters. The van der Waals surface area contributed by atoms with E-state index in [0.717, 1.165) is 11.3 Å². The quantitative estimate of drug-likeness (QED) is 0.914. The van der Waals surface area contributed by atoms with Gasteiger partial charge in [-0.15, -0.1) is 24.8 Å². The summed E-state index contributed by atoms with van der Waals surface area (Å²) >= 11 is 0. The first-order valence-corrected chi connectivity index (χ1v) is 5.74. The number of carbonyl (C=O) groups is 1. The van der Waals surface area contributed by atoms with E-state index in [2.05, 4.69) is 10.3 Å². The molecule has 1 heterocycles. The summed E-state index contributed by atoms with van der Waals surface area (Å²) in [5, 5.41) is 2.80. The zero-order valence-electron chi connectivity index (χ0n) is 10.9. The van der Waals surface area contributed by atoms with Crippen molar-refractivity contribution in [3.8, 4) is 0 Å². The molecular formula is C14H17Cl2N3O. The van der Waals surface area contributed by atoms with Gasteiger partial charge in [0.1, 0.15) is 0 Å². The van der Waals surface area contributed by atoms with Crippen LogP contribution in [0.4, 0.5) is 5.69 Å². The second-order valence-electron chi connectivity index (χ2n) is 4.10. The summed E-state index contributed by atoms with van der Waals surface area (Å²) in [6.45, 7) is 1.91. The number of nitrogens with two attached hydrogens (primary N) is 1. The number of anilines is 1. The van der Waals surface area contributed by atoms with E-state index in [4.69, 9.17) is 5.73 Å². The molecule has 0 aliphatic heterocycles. The van der Waals surface area contributed by atoms with E-state index in [-0.39, 0.29) is 36.8 Å². The van der Waals surface area contributed by atoms with Crippen molar-refractivity contribution in [1.29, 1.82) is 0 Å². The molecule has 0 fully saturated rings. The first-order chi connectivity index (χ1) is 8.66. The predicted molar refractivity (Wildman–Crippen MR) is 85.7 cm³/mol. The van der Waals surface area contributed by atoms with E-state index in [0.29, 0.717) is 5.56 Å².